The van der Waals surface area contributed by atoms with Gasteiger partial charge in [-0.2, -0.15) is 0 Å². The van der Waals surface area contributed by atoms with Crippen molar-refractivity contribution in [1.29, 1.82) is 0 Å². The van der Waals surface area contributed by atoms with Crippen LogP contribution >= 0.6 is 0 Å². The number of hydrogen-bond donors (Lipinski definition) is 2. The van der Waals surface area contributed by atoms with E-state index >= 15 is 0 Å². The van der Waals surface area contributed by atoms with Crippen molar-refractivity contribution >= 4 is 0 Å². The number of aliphatic hydroxyl groups excluding tert-OH is 2. The molecule has 138 valence electrons. The molecule has 1 heterocycles. The van der Waals surface area contributed by atoms with E-state index in [1.165, 1.54) is 0 Å². The Balaban J connectivity index is 3.03. The Morgan fingerprint density at radius 2 is 1.39 bits per heavy atom. The quantitative estimate of drug-likeness (QED) is 0.713. The molecule has 0 aromatic rings. The second-order valence-corrected chi connectivity index (χ2v) is 7.59. The van der Waals surface area contributed by atoms with E-state index in [1.54, 1.807) is 0 Å². The van der Waals surface area contributed by atoms with E-state index in [0.29, 0.717) is 0 Å². The number of aliphatic hydroxyl groups is 2. The van der Waals surface area contributed by atoms with Crippen LogP contribution in [0.2, 0.25) is 0 Å². The molecule has 1 aliphatic heterocycles. The van der Waals surface area contributed by atoms with E-state index in [-0.39, 0.29) is 23.2 Å². The maximum absolute atomic E-state index is 10.8. The average molecular weight is 331 g/mol. The summed E-state index contributed by atoms with van der Waals surface area (Å²) in [7, 11) is 0. The first-order valence-corrected chi connectivity index (χ1v) is 9.41. The molecule has 1 aliphatic rings. The Bertz CT molecular complexity index is 347. The molecule has 0 amide bonds. The summed E-state index contributed by atoms with van der Waals surface area (Å²) in [4.78, 5) is 0. The molecule has 1 rings (SSSR count). The highest BCUT2D eigenvalue weighted by atomic mass is 16.6. The van der Waals surface area contributed by atoms with Crippen LogP contribution in [0, 0.1) is 5.41 Å². The van der Waals surface area contributed by atoms with Gasteiger partial charge in [-0.3, -0.25) is 0 Å². The molecule has 0 aromatic heterocycles. The molecule has 0 aliphatic carbocycles. The van der Waals surface area contributed by atoms with Crippen molar-refractivity contribution in [3.63, 3.8) is 0 Å². The average Bonchev–Trinajstić information content (AvgIpc) is 2.58. The SMILES string of the molecule is CCC1OC(C(C)(CC)CC)C(O)C(O)C1OC(C)(CC)CC. The van der Waals surface area contributed by atoms with E-state index in [1.807, 2.05) is 6.92 Å². The lowest BCUT2D eigenvalue weighted by molar-refractivity contribution is -0.280. The van der Waals surface area contributed by atoms with Gasteiger partial charge in [0.1, 0.15) is 18.3 Å². The predicted molar refractivity (Wildman–Crippen MR) is 93.5 cm³/mol. The lowest BCUT2D eigenvalue weighted by Crippen LogP contribution is -2.63. The molecule has 0 radical (unpaired) electrons. The zero-order valence-corrected chi connectivity index (χ0v) is 16.1. The molecule has 0 bridgehead atoms. The molecular formula is C19H38O4. The van der Waals surface area contributed by atoms with E-state index in [9.17, 15) is 10.2 Å². The zero-order valence-electron chi connectivity index (χ0n) is 16.1. The topological polar surface area (TPSA) is 58.9 Å². The fourth-order valence-corrected chi connectivity index (χ4v) is 3.39. The summed E-state index contributed by atoms with van der Waals surface area (Å²) in [6, 6.07) is 0. The maximum Gasteiger partial charge on any atom is 0.113 e. The predicted octanol–water partition coefficient (Wildman–Crippen LogP) is 3.68. The fraction of sp³-hybridized carbons (Fsp3) is 1.00. The van der Waals surface area contributed by atoms with Gasteiger partial charge in [0.25, 0.3) is 0 Å². The van der Waals surface area contributed by atoms with Gasteiger partial charge >= 0.3 is 0 Å². The van der Waals surface area contributed by atoms with Crippen molar-refractivity contribution in [2.75, 3.05) is 0 Å². The Kier molecular flexibility index (Phi) is 7.52. The summed E-state index contributed by atoms with van der Waals surface area (Å²) in [5.74, 6) is 0. The van der Waals surface area contributed by atoms with Gasteiger partial charge in [-0.1, -0.05) is 41.5 Å². The van der Waals surface area contributed by atoms with Crippen LogP contribution in [0.1, 0.15) is 80.6 Å². The van der Waals surface area contributed by atoms with Crippen molar-refractivity contribution < 1.29 is 19.7 Å². The van der Waals surface area contributed by atoms with Gasteiger partial charge in [0.2, 0.25) is 0 Å². The third kappa shape index (κ3) is 4.28. The van der Waals surface area contributed by atoms with Gasteiger partial charge in [0.05, 0.1) is 17.8 Å². The molecule has 1 saturated heterocycles. The minimum absolute atomic E-state index is 0.141. The lowest BCUT2D eigenvalue weighted by Gasteiger charge is -2.50. The van der Waals surface area contributed by atoms with Crippen molar-refractivity contribution in [2.45, 2.75) is 117 Å². The fourth-order valence-electron chi connectivity index (χ4n) is 3.39. The molecule has 5 unspecified atom stereocenters. The standard InChI is InChI=1S/C19H38O4/c1-8-13-16(23-19(7,11-4)12-5)14(20)15(21)17(22-13)18(6,9-2)10-3/h13-17,20-21H,8-12H2,1-7H3. The third-order valence-electron chi connectivity index (χ3n) is 6.31. The molecule has 4 nitrogen and oxygen atoms in total. The minimum atomic E-state index is -0.911. The molecule has 2 N–H and O–H groups in total. The molecule has 0 spiro atoms. The van der Waals surface area contributed by atoms with E-state index < -0.39 is 18.3 Å². The highest BCUT2D eigenvalue weighted by Gasteiger charge is 2.51. The maximum atomic E-state index is 10.8. The Morgan fingerprint density at radius 3 is 1.78 bits per heavy atom. The molecular weight excluding hydrogens is 292 g/mol. The molecule has 5 atom stereocenters. The zero-order chi connectivity index (χ0) is 17.8. The van der Waals surface area contributed by atoms with Gasteiger partial charge in [-0.05, 0) is 44.4 Å². The summed E-state index contributed by atoms with van der Waals surface area (Å²) in [5.41, 5.74) is -0.439. The van der Waals surface area contributed by atoms with Crippen LogP contribution in [0.5, 0.6) is 0 Å². The summed E-state index contributed by atoms with van der Waals surface area (Å²) in [5, 5.41) is 21.5. The Morgan fingerprint density at radius 1 is 0.870 bits per heavy atom. The van der Waals surface area contributed by atoms with Gasteiger partial charge in [0, 0.05) is 0 Å². The van der Waals surface area contributed by atoms with Crippen molar-refractivity contribution in [3.8, 4) is 0 Å². The van der Waals surface area contributed by atoms with Crippen molar-refractivity contribution in [2.24, 2.45) is 5.41 Å². The summed E-state index contributed by atoms with van der Waals surface area (Å²) >= 11 is 0. The van der Waals surface area contributed by atoms with Gasteiger partial charge in [-0.15, -0.1) is 0 Å². The normalized spacial score (nSPS) is 33.0. The summed E-state index contributed by atoms with van der Waals surface area (Å²) in [6.07, 6.45) is 1.46. The third-order valence-corrected chi connectivity index (χ3v) is 6.31. The molecule has 1 fully saturated rings. The van der Waals surface area contributed by atoms with E-state index in [2.05, 4.69) is 41.5 Å². The Labute approximate surface area is 142 Å². The largest absolute Gasteiger partial charge is 0.388 e. The monoisotopic (exact) mass is 330 g/mol. The number of ether oxygens (including phenoxy) is 2. The lowest BCUT2D eigenvalue weighted by atomic mass is 9.73. The van der Waals surface area contributed by atoms with Gasteiger partial charge < -0.3 is 19.7 Å². The van der Waals surface area contributed by atoms with Crippen LogP contribution in [0.4, 0.5) is 0 Å². The Hall–Kier alpha value is -0.160. The van der Waals surface area contributed by atoms with Gasteiger partial charge in [-0.25, -0.2) is 0 Å². The van der Waals surface area contributed by atoms with Crippen molar-refractivity contribution in [1.82, 2.24) is 0 Å². The first-order chi connectivity index (χ1) is 10.7. The number of rotatable bonds is 8. The van der Waals surface area contributed by atoms with Gasteiger partial charge in [0.15, 0.2) is 0 Å². The van der Waals surface area contributed by atoms with Crippen LogP contribution in [0.3, 0.4) is 0 Å². The first-order valence-electron chi connectivity index (χ1n) is 9.41. The summed E-state index contributed by atoms with van der Waals surface area (Å²) in [6.45, 7) is 14.6. The van der Waals surface area contributed by atoms with Crippen LogP contribution in [-0.4, -0.2) is 46.3 Å². The van der Waals surface area contributed by atoms with Crippen molar-refractivity contribution in [3.05, 3.63) is 0 Å². The van der Waals surface area contributed by atoms with Crippen LogP contribution in [0.15, 0.2) is 0 Å². The second-order valence-electron chi connectivity index (χ2n) is 7.59. The minimum Gasteiger partial charge on any atom is -0.388 e. The summed E-state index contributed by atoms with van der Waals surface area (Å²) < 4.78 is 12.5. The van der Waals surface area contributed by atoms with Crippen LogP contribution in [0.25, 0.3) is 0 Å². The van der Waals surface area contributed by atoms with E-state index in [4.69, 9.17) is 9.47 Å². The molecule has 23 heavy (non-hydrogen) atoms. The second kappa shape index (κ2) is 8.28. The molecule has 4 heteroatoms. The smallest absolute Gasteiger partial charge is 0.113 e. The highest BCUT2D eigenvalue weighted by Crippen LogP contribution is 2.41. The molecule has 0 aromatic carbocycles. The first kappa shape index (κ1) is 20.9. The highest BCUT2D eigenvalue weighted by molar-refractivity contribution is 4.99. The van der Waals surface area contributed by atoms with Crippen LogP contribution < -0.4 is 0 Å². The van der Waals surface area contributed by atoms with E-state index in [0.717, 1.165) is 32.1 Å². The molecule has 0 saturated carbocycles. The number of hydrogen-bond acceptors (Lipinski definition) is 4. The van der Waals surface area contributed by atoms with Crippen LogP contribution in [-0.2, 0) is 9.47 Å².